The lowest BCUT2D eigenvalue weighted by Crippen LogP contribution is -2.13. The minimum atomic E-state index is -0.220. The molecule has 0 aliphatic carbocycles. The summed E-state index contributed by atoms with van der Waals surface area (Å²) in [5, 5.41) is 2.82. The molecule has 4 heteroatoms. The largest absolute Gasteiger partial charge is 0.491 e. The van der Waals surface area contributed by atoms with Gasteiger partial charge in [0.05, 0.1) is 6.10 Å². The lowest BCUT2D eigenvalue weighted by atomic mass is 10.1. The number of carbonyl (C=O) groups is 2. The first-order valence-corrected chi connectivity index (χ1v) is 7.14. The average molecular weight is 297 g/mol. The second kappa shape index (κ2) is 6.89. The molecule has 1 amide bonds. The SMILES string of the molecule is Cc1c(C=O)cccc1NC(=O)c1ccc(OC(C)C)cc1. The summed E-state index contributed by atoms with van der Waals surface area (Å²) in [6, 6.07) is 12.2. The molecule has 22 heavy (non-hydrogen) atoms. The fraction of sp³-hybridized carbons (Fsp3) is 0.222. The highest BCUT2D eigenvalue weighted by Crippen LogP contribution is 2.19. The van der Waals surface area contributed by atoms with E-state index in [4.69, 9.17) is 4.74 Å². The van der Waals surface area contributed by atoms with Gasteiger partial charge in [0.1, 0.15) is 12.0 Å². The molecule has 2 aromatic carbocycles. The molecule has 0 spiro atoms. The van der Waals surface area contributed by atoms with Crippen LogP contribution < -0.4 is 10.1 Å². The number of hydrogen-bond donors (Lipinski definition) is 1. The van der Waals surface area contributed by atoms with Gasteiger partial charge >= 0.3 is 0 Å². The van der Waals surface area contributed by atoms with Gasteiger partial charge in [-0.3, -0.25) is 9.59 Å². The quantitative estimate of drug-likeness (QED) is 0.853. The van der Waals surface area contributed by atoms with Crippen LogP contribution >= 0.6 is 0 Å². The van der Waals surface area contributed by atoms with Crippen LogP contribution in [0.3, 0.4) is 0 Å². The fourth-order valence-electron chi connectivity index (χ4n) is 2.07. The molecule has 0 fully saturated rings. The molecule has 0 radical (unpaired) electrons. The van der Waals surface area contributed by atoms with E-state index in [2.05, 4.69) is 5.32 Å². The molecule has 0 heterocycles. The van der Waals surface area contributed by atoms with Gasteiger partial charge in [-0.15, -0.1) is 0 Å². The first-order chi connectivity index (χ1) is 10.5. The molecule has 114 valence electrons. The molecule has 0 aromatic heterocycles. The molecule has 0 atom stereocenters. The Kier molecular flexibility index (Phi) is 4.94. The summed E-state index contributed by atoms with van der Waals surface area (Å²) in [6.07, 6.45) is 0.872. The number of carbonyl (C=O) groups excluding carboxylic acids is 2. The highest BCUT2D eigenvalue weighted by molar-refractivity contribution is 6.05. The van der Waals surface area contributed by atoms with Gasteiger partial charge in [0.15, 0.2) is 0 Å². The second-order valence-corrected chi connectivity index (χ2v) is 5.28. The topological polar surface area (TPSA) is 55.4 Å². The summed E-state index contributed by atoms with van der Waals surface area (Å²) in [6.45, 7) is 5.70. The highest BCUT2D eigenvalue weighted by Gasteiger charge is 2.10. The Labute approximate surface area is 130 Å². The molecule has 1 N–H and O–H groups in total. The Morgan fingerprint density at radius 1 is 1.14 bits per heavy atom. The second-order valence-electron chi connectivity index (χ2n) is 5.28. The van der Waals surface area contributed by atoms with Crippen LogP contribution in [0.5, 0.6) is 5.75 Å². The summed E-state index contributed by atoms with van der Waals surface area (Å²) in [7, 11) is 0. The van der Waals surface area contributed by atoms with E-state index in [0.29, 0.717) is 16.8 Å². The minimum absolute atomic E-state index is 0.0911. The van der Waals surface area contributed by atoms with E-state index < -0.39 is 0 Å². The van der Waals surface area contributed by atoms with Crippen LogP contribution in [0.25, 0.3) is 0 Å². The van der Waals surface area contributed by atoms with E-state index in [9.17, 15) is 9.59 Å². The Morgan fingerprint density at radius 2 is 1.82 bits per heavy atom. The average Bonchev–Trinajstić information content (AvgIpc) is 2.49. The van der Waals surface area contributed by atoms with Crippen molar-refractivity contribution in [2.24, 2.45) is 0 Å². The van der Waals surface area contributed by atoms with Crippen LogP contribution in [0.15, 0.2) is 42.5 Å². The smallest absolute Gasteiger partial charge is 0.255 e. The number of rotatable bonds is 5. The van der Waals surface area contributed by atoms with Crippen molar-refractivity contribution in [3.63, 3.8) is 0 Å². The van der Waals surface area contributed by atoms with E-state index in [-0.39, 0.29) is 12.0 Å². The third-order valence-electron chi connectivity index (χ3n) is 3.24. The Morgan fingerprint density at radius 3 is 2.41 bits per heavy atom. The van der Waals surface area contributed by atoms with Crippen LogP contribution in [0.4, 0.5) is 5.69 Å². The van der Waals surface area contributed by atoms with Crippen molar-refractivity contribution >= 4 is 17.9 Å². The van der Waals surface area contributed by atoms with Crippen molar-refractivity contribution in [1.29, 1.82) is 0 Å². The van der Waals surface area contributed by atoms with Crippen LogP contribution in [0.2, 0.25) is 0 Å². The van der Waals surface area contributed by atoms with Crippen LogP contribution in [0, 0.1) is 6.92 Å². The maximum Gasteiger partial charge on any atom is 0.255 e. The molecule has 0 unspecified atom stereocenters. The van der Waals surface area contributed by atoms with Crippen molar-refractivity contribution in [3.8, 4) is 5.75 Å². The Bertz CT molecular complexity index is 675. The Hall–Kier alpha value is -2.62. The van der Waals surface area contributed by atoms with E-state index >= 15 is 0 Å². The van der Waals surface area contributed by atoms with Gasteiger partial charge in [-0.05, 0) is 56.7 Å². The van der Waals surface area contributed by atoms with E-state index in [0.717, 1.165) is 17.6 Å². The number of ether oxygens (including phenoxy) is 1. The van der Waals surface area contributed by atoms with Gasteiger partial charge in [0, 0.05) is 16.8 Å². The van der Waals surface area contributed by atoms with Gasteiger partial charge in [-0.25, -0.2) is 0 Å². The van der Waals surface area contributed by atoms with Crippen LogP contribution in [-0.2, 0) is 0 Å². The lowest BCUT2D eigenvalue weighted by Gasteiger charge is -2.11. The molecule has 0 aliphatic rings. The highest BCUT2D eigenvalue weighted by atomic mass is 16.5. The normalized spacial score (nSPS) is 10.4. The van der Waals surface area contributed by atoms with Crippen LogP contribution in [-0.4, -0.2) is 18.3 Å². The predicted molar refractivity (Wildman–Crippen MR) is 86.7 cm³/mol. The number of hydrogen-bond acceptors (Lipinski definition) is 3. The first kappa shape index (κ1) is 15.8. The number of nitrogens with one attached hydrogen (secondary N) is 1. The van der Waals surface area contributed by atoms with Gasteiger partial charge in [0.25, 0.3) is 5.91 Å². The van der Waals surface area contributed by atoms with Crippen molar-refractivity contribution in [3.05, 3.63) is 59.2 Å². The van der Waals surface area contributed by atoms with E-state index in [1.165, 1.54) is 0 Å². The van der Waals surface area contributed by atoms with Crippen molar-refractivity contribution in [2.75, 3.05) is 5.32 Å². The fourth-order valence-corrected chi connectivity index (χ4v) is 2.07. The summed E-state index contributed by atoms with van der Waals surface area (Å²) >= 11 is 0. The third kappa shape index (κ3) is 3.73. The summed E-state index contributed by atoms with van der Waals surface area (Å²) in [4.78, 5) is 23.2. The van der Waals surface area contributed by atoms with Crippen molar-refractivity contribution in [1.82, 2.24) is 0 Å². The predicted octanol–water partition coefficient (Wildman–Crippen LogP) is 3.85. The third-order valence-corrected chi connectivity index (χ3v) is 3.24. The summed E-state index contributed by atoms with van der Waals surface area (Å²) in [5.74, 6) is 0.507. The molecule has 0 saturated heterocycles. The van der Waals surface area contributed by atoms with E-state index in [1.54, 1.807) is 49.4 Å². The first-order valence-electron chi connectivity index (χ1n) is 7.14. The zero-order chi connectivity index (χ0) is 16.1. The monoisotopic (exact) mass is 297 g/mol. The molecule has 2 rings (SSSR count). The zero-order valence-corrected chi connectivity index (χ0v) is 12.9. The molecule has 0 saturated carbocycles. The van der Waals surface area contributed by atoms with Crippen molar-refractivity contribution < 1.29 is 14.3 Å². The molecule has 0 bridgehead atoms. The number of amides is 1. The number of benzene rings is 2. The van der Waals surface area contributed by atoms with E-state index in [1.807, 2.05) is 13.8 Å². The van der Waals surface area contributed by atoms with Crippen LogP contribution in [0.1, 0.15) is 40.1 Å². The molecule has 4 nitrogen and oxygen atoms in total. The molecular weight excluding hydrogens is 278 g/mol. The number of aldehydes is 1. The summed E-state index contributed by atoms with van der Waals surface area (Å²) in [5.41, 5.74) is 2.49. The number of anilines is 1. The molecule has 2 aromatic rings. The van der Waals surface area contributed by atoms with Crippen molar-refractivity contribution in [2.45, 2.75) is 26.9 Å². The van der Waals surface area contributed by atoms with Gasteiger partial charge in [-0.2, -0.15) is 0 Å². The summed E-state index contributed by atoms with van der Waals surface area (Å²) < 4.78 is 5.55. The standard InChI is InChI=1S/C18H19NO3/c1-12(2)22-16-9-7-14(8-10-16)18(21)19-17-6-4-5-15(11-20)13(17)3/h4-12H,1-3H3,(H,19,21). The lowest BCUT2D eigenvalue weighted by molar-refractivity contribution is 0.102. The van der Waals surface area contributed by atoms with Gasteiger partial charge in [-0.1, -0.05) is 12.1 Å². The zero-order valence-electron chi connectivity index (χ0n) is 12.9. The minimum Gasteiger partial charge on any atom is -0.491 e. The molecular formula is C18H19NO3. The maximum absolute atomic E-state index is 12.3. The maximum atomic E-state index is 12.3. The van der Waals surface area contributed by atoms with Gasteiger partial charge < -0.3 is 10.1 Å². The molecule has 0 aliphatic heterocycles. The Balaban J connectivity index is 2.14. The van der Waals surface area contributed by atoms with Gasteiger partial charge in [0.2, 0.25) is 0 Å².